The predicted molar refractivity (Wildman–Crippen MR) is 76.8 cm³/mol. The summed E-state index contributed by atoms with van der Waals surface area (Å²) in [5, 5.41) is 2.85. The van der Waals surface area contributed by atoms with Gasteiger partial charge in [0.1, 0.15) is 10.8 Å². The lowest BCUT2D eigenvalue weighted by molar-refractivity contribution is 0.628. The maximum Gasteiger partial charge on any atom is 0.124 e. The van der Waals surface area contributed by atoms with Crippen LogP contribution in [0.3, 0.4) is 0 Å². The Morgan fingerprint density at radius 2 is 2.05 bits per heavy atom. The molecule has 0 radical (unpaired) electrons. The number of aryl methyl sites for hydroxylation is 2. The molecule has 1 aromatic carbocycles. The van der Waals surface area contributed by atoms with Crippen molar-refractivity contribution in [1.82, 2.24) is 9.97 Å². The standard InChI is InChI=1S/C15H13FN2S/c1-9-6-13(10(2)17-9)14-8-19-15(18-14)11-4-3-5-12(16)7-11/h3-8,17H,1-2H3. The van der Waals surface area contributed by atoms with Crippen LogP contribution in [0.25, 0.3) is 21.8 Å². The summed E-state index contributed by atoms with van der Waals surface area (Å²) in [7, 11) is 0. The molecule has 0 atom stereocenters. The van der Waals surface area contributed by atoms with E-state index in [9.17, 15) is 4.39 Å². The lowest BCUT2D eigenvalue weighted by Gasteiger charge is -1.96. The zero-order valence-corrected chi connectivity index (χ0v) is 11.5. The van der Waals surface area contributed by atoms with Gasteiger partial charge in [0.05, 0.1) is 5.69 Å². The van der Waals surface area contributed by atoms with Gasteiger partial charge in [0.2, 0.25) is 0 Å². The molecule has 2 heterocycles. The molecule has 0 spiro atoms. The predicted octanol–water partition coefficient (Wildman–Crippen LogP) is 4.56. The van der Waals surface area contributed by atoms with E-state index in [1.807, 2.05) is 25.3 Å². The second-order valence-corrected chi connectivity index (χ2v) is 5.40. The van der Waals surface area contributed by atoms with E-state index >= 15 is 0 Å². The molecule has 19 heavy (non-hydrogen) atoms. The summed E-state index contributed by atoms with van der Waals surface area (Å²) in [4.78, 5) is 7.87. The minimum atomic E-state index is -0.233. The number of aromatic amines is 1. The minimum absolute atomic E-state index is 0.233. The Hall–Kier alpha value is -1.94. The van der Waals surface area contributed by atoms with Gasteiger partial charge in [-0.3, -0.25) is 0 Å². The summed E-state index contributed by atoms with van der Waals surface area (Å²) < 4.78 is 13.2. The van der Waals surface area contributed by atoms with Gasteiger partial charge >= 0.3 is 0 Å². The molecule has 0 saturated carbocycles. The van der Waals surface area contributed by atoms with Gasteiger partial charge in [0, 0.05) is 27.9 Å². The van der Waals surface area contributed by atoms with Crippen molar-refractivity contribution in [1.29, 1.82) is 0 Å². The van der Waals surface area contributed by atoms with Crippen LogP contribution in [0.5, 0.6) is 0 Å². The molecule has 0 unspecified atom stereocenters. The molecule has 0 aliphatic carbocycles. The van der Waals surface area contributed by atoms with Crippen molar-refractivity contribution in [3.8, 4) is 21.8 Å². The first-order valence-corrected chi connectivity index (χ1v) is 6.89. The highest BCUT2D eigenvalue weighted by molar-refractivity contribution is 7.13. The molecule has 0 bridgehead atoms. The summed E-state index contributed by atoms with van der Waals surface area (Å²) >= 11 is 1.53. The van der Waals surface area contributed by atoms with Crippen LogP contribution in [0.15, 0.2) is 35.7 Å². The molecule has 2 nitrogen and oxygen atoms in total. The summed E-state index contributed by atoms with van der Waals surface area (Å²) in [5.74, 6) is -0.233. The van der Waals surface area contributed by atoms with Gasteiger partial charge in [-0.25, -0.2) is 9.37 Å². The van der Waals surface area contributed by atoms with Gasteiger partial charge in [0.25, 0.3) is 0 Å². The van der Waals surface area contributed by atoms with E-state index < -0.39 is 0 Å². The maximum absolute atomic E-state index is 13.2. The third-order valence-corrected chi connectivity index (χ3v) is 3.89. The zero-order valence-electron chi connectivity index (χ0n) is 10.7. The Morgan fingerprint density at radius 3 is 2.74 bits per heavy atom. The first kappa shape index (κ1) is 12.1. The van der Waals surface area contributed by atoms with Gasteiger partial charge in [-0.05, 0) is 32.0 Å². The Balaban J connectivity index is 2.02. The first-order chi connectivity index (χ1) is 9.13. The van der Waals surface area contributed by atoms with Gasteiger partial charge < -0.3 is 4.98 Å². The molecule has 0 amide bonds. The molecule has 96 valence electrons. The van der Waals surface area contributed by atoms with Crippen molar-refractivity contribution in [2.45, 2.75) is 13.8 Å². The monoisotopic (exact) mass is 272 g/mol. The van der Waals surface area contributed by atoms with Crippen molar-refractivity contribution in [3.63, 3.8) is 0 Å². The Bertz CT molecular complexity index is 727. The van der Waals surface area contributed by atoms with Crippen molar-refractivity contribution >= 4 is 11.3 Å². The molecule has 0 saturated heterocycles. The largest absolute Gasteiger partial charge is 0.362 e. The lowest BCUT2D eigenvalue weighted by Crippen LogP contribution is -1.81. The number of benzene rings is 1. The van der Waals surface area contributed by atoms with E-state index in [1.165, 1.54) is 23.5 Å². The third-order valence-electron chi connectivity index (χ3n) is 3.00. The second-order valence-electron chi connectivity index (χ2n) is 4.54. The molecule has 3 aromatic rings. The van der Waals surface area contributed by atoms with Crippen LogP contribution in [-0.2, 0) is 0 Å². The van der Waals surface area contributed by atoms with E-state index in [0.29, 0.717) is 0 Å². The summed E-state index contributed by atoms with van der Waals surface area (Å²) in [6.45, 7) is 4.06. The summed E-state index contributed by atoms with van der Waals surface area (Å²) in [6, 6.07) is 8.62. The van der Waals surface area contributed by atoms with Crippen LogP contribution in [-0.4, -0.2) is 9.97 Å². The van der Waals surface area contributed by atoms with Crippen molar-refractivity contribution < 1.29 is 4.39 Å². The highest BCUT2D eigenvalue weighted by Gasteiger charge is 2.10. The number of hydrogen-bond acceptors (Lipinski definition) is 2. The van der Waals surface area contributed by atoms with E-state index in [-0.39, 0.29) is 5.82 Å². The molecule has 0 aliphatic heterocycles. The fourth-order valence-electron chi connectivity index (χ4n) is 2.14. The topological polar surface area (TPSA) is 28.7 Å². The minimum Gasteiger partial charge on any atom is -0.362 e. The van der Waals surface area contributed by atoms with E-state index in [0.717, 1.165) is 33.2 Å². The van der Waals surface area contributed by atoms with E-state index in [4.69, 9.17) is 0 Å². The van der Waals surface area contributed by atoms with Crippen LogP contribution in [0.1, 0.15) is 11.4 Å². The van der Waals surface area contributed by atoms with Crippen molar-refractivity contribution in [2.75, 3.05) is 0 Å². The van der Waals surface area contributed by atoms with Gasteiger partial charge in [-0.1, -0.05) is 12.1 Å². The first-order valence-electron chi connectivity index (χ1n) is 6.01. The number of rotatable bonds is 2. The normalized spacial score (nSPS) is 10.9. The summed E-state index contributed by atoms with van der Waals surface area (Å²) in [6.07, 6.45) is 0. The van der Waals surface area contributed by atoms with Crippen molar-refractivity contribution in [3.05, 3.63) is 52.9 Å². The van der Waals surface area contributed by atoms with Crippen LogP contribution in [0.2, 0.25) is 0 Å². The van der Waals surface area contributed by atoms with E-state index in [2.05, 4.69) is 16.0 Å². The molecule has 0 fully saturated rings. The Kier molecular flexibility index (Phi) is 2.95. The molecular formula is C15H13FN2S. The average molecular weight is 272 g/mol. The van der Waals surface area contributed by atoms with Crippen LogP contribution >= 0.6 is 11.3 Å². The Labute approximate surface area is 115 Å². The van der Waals surface area contributed by atoms with Crippen LogP contribution < -0.4 is 0 Å². The van der Waals surface area contributed by atoms with E-state index in [1.54, 1.807) is 6.07 Å². The number of hydrogen-bond donors (Lipinski definition) is 1. The SMILES string of the molecule is Cc1cc(-c2csc(-c3cccc(F)c3)n2)c(C)[nH]1. The summed E-state index contributed by atoms with van der Waals surface area (Å²) in [5.41, 5.74) is 5.09. The lowest BCUT2D eigenvalue weighted by atomic mass is 10.2. The maximum atomic E-state index is 13.2. The fraction of sp³-hybridized carbons (Fsp3) is 0.133. The molecule has 1 N–H and O–H groups in total. The molecule has 3 rings (SSSR count). The highest BCUT2D eigenvalue weighted by Crippen LogP contribution is 2.31. The molecular weight excluding hydrogens is 259 g/mol. The molecule has 0 aliphatic rings. The number of nitrogens with zero attached hydrogens (tertiary/aromatic N) is 1. The van der Waals surface area contributed by atoms with Gasteiger partial charge in [0.15, 0.2) is 0 Å². The van der Waals surface area contributed by atoms with Crippen molar-refractivity contribution in [2.24, 2.45) is 0 Å². The second kappa shape index (κ2) is 4.63. The van der Waals surface area contributed by atoms with Gasteiger partial charge in [-0.15, -0.1) is 11.3 Å². The van der Waals surface area contributed by atoms with Crippen LogP contribution in [0, 0.1) is 19.7 Å². The highest BCUT2D eigenvalue weighted by atomic mass is 32.1. The fourth-order valence-corrected chi connectivity index (χ4v) is 2.96. The zero-order chi connectivity index (χ0) is 13.4. The third kappa shape index (κ3) is 2.31. The quantitative estimate of drug-likeness (QED) is 0.727. The van der Waals surface area contributed by atoms with Gasteiger partial charge in [-0.2, -0.15) is 0 Å². The number of H-pyrrole nitrogens is 1. The molecule has 2 aromatic heterocycles. The Morgan fingerprint density at radius 1 is 1.21 bits per heavy atom. The number of halogens is 1. The smallest absolute Gasteiger partial charge is 0.124 e. The van der Waals surface area contributed by atoms with Crippen LogP contribution in [0.4, 0.5) is 4.39 Å². The number of nitrogens with one attached hydrogen (secondary N) is 1. The number of aromatic nitrogens is 2. The average Bonchev–Trinajstić information content (AvgIpc) is 2.96. The molecule has 4 heteroatoms. The number of thiazole rings is 1.